The zero-order valence-corrected chi connectivity index (χ0v) is 15.5. The van der Waals surface area contributed by atoms with Gasteiger partial charge in [0.25, 0.3) is 0 Å². The van der Waals surface area contributed by atoms with Crippen LogP contribution in [-0.4, -0.2) is 17.9 Å². The third kappa shape index (κ3) is 2.60. The van der Waals surface area contributed by atoms with Crippen LogP contribution in [0.2, 0.25) is 0 Å². The molecule has 0 spiro atoms. The van der Waals surface area contributed by atoms with Crippen LogP contribution in [0.5, 0.6) is 0 Å². The van der Waals surface area contributed by atoms with Crippen LogP contribution in [0.25, 0.3) is 0 Å². The van der Waals surface area contributed by atoms with Crippen molar-refractivity contribution in [3.05, 3.63) is 53.0 Å². The van der Waals surface area contributed by atoms with Gasteiger partial charge in [-0.15, -0.1) is 5.56 Å². The molecule has 0 aromatic heterocycles. The SMILES string of the molecule is C=C1N(C)C(C)=C(C)C(=O)N1c1c[c-]c(C)cc1C.[W+2]. The molecule has 0 fully saturated rings. The van der Waals surface area contributed by atoms with Gasteiger partial charge in [0.2, 0.25) is 5.91 Å². The van der Waals surface area contributed by atoms with Crippen LogP contribution in [0.4, 0.5) is 5.69 Å². The number of anilines is 1. The molecule has 1 amide bonds. The molecule has 1 heterocycles. The second-order valence-corrected chi connectivity index (χ2v) is 5.01. The summed E-state index contributed by atoms with van der Waals surface area (Å²) in [6.07, 6.45) is 0. The Bertz CT molecular complexity index is 604. The van der Waals surface area contributed by atoms with Crippen molar-refractivity contribution < 1.29 is 25.9 Å². The Labute approximate surface area is 135 Å². The van der Waals surface area contributed by atoms with E-state index in [2.05, 4.69) is 12.6 Å². The molecule has 0 saturated carbocycles. The van der Waals surface area contributed by atoms with Gasteiger partial charge >= 0.3 is 21.1 Å². The molecule has 1 aromatic carbocycles. The first-order valence-electron chi connectivity index (χ1n) is 6.28. The average molecular weight is 439 g/mol. The van der Waals surface area contributed by atoms with Gasteiger partial charge in [0, 0.05) is 18.3 Å². The van der Waals surface area contributed by atoms with Gasteiger partial charge in [-0.25, -0.2) is 0 Å². The summed E-state index contributed by atoms with van der Waals surface area (Å²) >= 11 is 0. The summed E-state index contributed by atoms with van der Waals surface area (Å²) in [5.74, 6) is 0.661. The van der Waals surface area contributed by atoms with Crippen LogP contribution in [0.1, 0.15) is 25.0 Å². The molecule has 1 aliphatic heterocycles. The maximum Gasteiger partial charge on any atom is 2.00 e. The molecule has 0 radical (unpaired) electrons. The Balaban J connectivity index is 0.00000200. The van der Waals surface area contributed by atoms with Gasteiger partial charge in [-0.05, 0) is 13.8 Å². The van der Waals surface area contributed by atoms with Crippen LogP contribution in [-0.2, 0) is 25.9 Å². The Kier molecular flexibility index (Phi) is 4.99. The van der Waals surface area contributed by atoms with Crippen molar-refractivity contribution in [2.45, 2.75) is 27.7 Å². The van der Waals surface area contributed by atoms with Crippen LogP contribution in [0.15, 0.2) is 35.8 Å². The fraction of sp³-hybridized carbons (Fsp3) is 0.312. The van der Waals surface area contributed by atoms with E-state index in [0.717, 1.165) is 28.1 Å². The normalized spacial score (nSPS) is 15.7. The van der Waals surface area contributed by atoms with Gasteiger partial charge in [-0.1, -0.05) is 26.1 Å². The Morgan fingerprint density at radius 2 is 1.80 bits per heavy atom. The van der Waals surface area contributed by atoms with E-state index < -0.39 is 0 Å². The van der Waals surface area contributed by atoms with E-state index in [4.69, 9.17) is 0 Å². The largest absolute Gasteiger partial charge is 2.00 e. The molecule has 3 nitrogen and oxygen atoms in total. The van der Waals surface area contributed by atoms with Crippen LogP contribution in [0, 0.1) is 19.9 Å². The Morgan fingerprint density at radius 3 is 2.35 bits per heavy atom. The molecular formula is C16H19N2OW+. The van der Waals surface area contributed by atoms with Crippen LogP contribution >= 0.6 is 0 Å². The number of hydrogen-bond donors (Lipinski definition) is 0. The third-order valence-electron chi connectivity index (χ3n) is 3.73. The molecule has 104 valence electrons. The smallest absolute Gasteiger partial charge is 0.335 e. The van der Waals surface area contributed by atoms with E-state index in [1.54, 1.807) is 4.90 Å². The van der Waals surface area contributed by atoms with Crippen molar-refractivity contribution in [2.24, 2.45) is 0 Å². The number of carbonyl (C=O) groups is 1. The maximum absolute atomic E-state index is 12.5. The second kappa shape index (κ2) is 5.97. The molecule has 4 heteroatoms. The number of amides is 1. The summed E-state index contributed by atoms with van der Waals surface area (Å²) in [5, 5.41) is 0. The van der Waals surface area contributed by atoms with E-state index in [-0.39, 0.29) is 27.0 Å². The molecule has 0 N–H and O–H groups in total. The first-order valence-corrected chi connectivity index (χ1v) is 6.28. The minimum Gasteiger partial charge on any atom is -0.335 e. The summed E-state index contributed by atoms with van der Waals surface area (Å²) in [4.78, 5) is 16.1. The maximum atomic E-state index is 12.5. The Hall–Kier alpha value is -1.34. The Morgan fingerprint density at radius 1 is 1.20 bits per heavy atom. The summed E-state index contributed by atoms with van der Waals surface area (Å²) < 4.78 is 0. The third-order valence-corrected chi connectivity index (χ3v) is 3.73. The van der Waals surface area contributed by atoms with Crippen molar-refractivity contribution in [1.29, 1.82) is 0 Å². The van der Waals surface area contributed by atoms with Gasteiger partial charge < -0.3 is 9.80 Å². The summed E-state index contributed by atoms with van der Waals surface area (Å²) in [6.45, 7) is 11.8. The zero-order chi connectivity index (χ0) is 14.3. The number of benzene rings is 1. The van der Waals surface area contributed by atoms with Crippen molar-refractivity contribution >= 4 is 11.6 Å². The molecule has 2 rings (SSSR count). The van der Waals surface area contributed by atoms with Gasteiger partial charge in [0.1, 0.15) is 5.82 Å². The monoisotopic (exact) mass is 439 g/mol. The predicted octanol–water partition coefficient (Wildman–Crippen LogP) is 3.14. The second-order valence-electron chi connectivity index (χ2n) is 5.01. The number of hydrogen-bond acceptors (Lipinski definition) is 2. The predicted molar refractivity (Wildman–Crippen MR) is 77.5 cm³/mol. The fourth-order valence-electron chi connectivity index (χ4n) is 2.26. The minimum atomic E-state index is -0.0130. The van der Waals surface area contributed by atoms with E-state index in [0.29, 0.717) is 5.82 Å². The molecule has 20 heavy (non-hydrogen) atoms. The van der Waals surface area contributed by atoms with E-state index in [9.17, 15) is 4.79 Å². The van der Waals surface area contributed by atoms with Gasteiger partial charge in [-0.3, -0.25) is 4.79 Å². The first kappa shape index (κ1) is 16.7. The van der Waals surface area contributed by atoms with Crippen molar-refractivity contribution in [2.75, 3.05) is 11.9 Å². The van der Waals surface area contributed by atoms with Gasteiger partial charge in [0.15, 0.2) is 0 Å². The van der Waals surface area contributed by atoms with E-state index in [1.165, 1.54) is 0 Å². The molecule has 1 aromatic rings. The summed E-state index contributed by atoms with van der Waals surface area (Å²) in [7, 11) is 1.92. The number of allylic oxidation sites excluding steroid dienone is 1. The van der Waals surface area contributed by atoms with Gasteiger partial charge in [0.05, 0.1) is 0 Å². The zero-order valence-electron chi connectivity index (χ0n) is 12.6. The molecule has 0 saturated heterocycles. The van der Waals surface area contributed by atoms with Crippen molar-refractivity contribution in [1.82, 2.24) is 4.90 Å². The van der Waals surface area contributed by atoms with Crippen LogP contribution < -0.4 is 4.90 Å². The van der Waals surface area contributed by atoms with Crippen molar-refractivity contribution in [3.63, 3.8) is 0 Å². The molecule has 0 bridgehead atoms. The molecule has 0 aliphatic carbocycles. The summed E-state index contributed by atoms with van der Waals surface area (Å²) in [6, 6.07) is 7.03. The van der Waals surface area contributed by atoms with Crippen molar-refractivity contribution in [3.8, 4) is 0 Å². The number of rotatable bonds is 1. The summed E-state index contributed by atoms with van der Waals surface area (Å²) in [5.41, 5.74) is 4.65. The molecular weight excluding hydrogens is 420 g/mol. The topological polar surface area (TPSA) is 23.6 Å². The number of carbonyl (C=O) groups excluding carboxylic acids is 1. The van der Waals surface area contributed by atoms with Crippen LogP contribution in [0.3, 0.4) is 0 Å². The standard InChI is InChI=1S/C16H19N2O.W/c1-10-7-8-15(11(2)9-10)18-14(5)17(6)13(4)12(3)16(18)19;/h8-9H,5H2,1-4,6H3;/q-1;+2. The number of aryl methyl sites for hydroxylation is 2. The number of nitrogens with zero attached hydrogens (tertiary/aromatic N) is 2. The van der Waals surface area contributed by atoms with E-state index >= 15 is 0 Å². The first-order chi connectivity index (χ1) is 8.84. The molecule has 0 atom stereocenters. The van der Waals surface area contributed by atoms with Gasteiger partial charge in [-0.2, -0.15) is 23.8 Å². The fourth-order valence-corrected chi connectivity index (χ4v) is 2.26. The molecule has 0 unspecified atom stereocenters. The molecule has 1 aliphatic rings. The minimum absolute atomic E-state index is 0. The van der Waals surface area contributed by atoms with E-state index in [1.807, 2.05) is 51.8 Å². The average Bonchev–Trinajstić information content (AvgIpc) is 2.37. The quantitative estimate of drug-likeness (QED) is 0.629.